The van der Waals surface area contributed by atoms with E-state index in [2.05, 4.69) is 0 Å². The van der Waals surface area contributed by atoms with Crippen LogP contribution in [0.2, 0.25) is 0 Å². The van der Waals surface area contributed by atoms with Gasteiger partial charge in [0.2, 0.25) is 0 Å². The fraction of sp³-hybridized carbons (Fsp3) is 0.846. The van der Waals surface area contributed by atoms with Crippen molar-refractivity contribution in [1.82, 2.24) is 0 Å². The Hall–Kier alpha value is -0.420. The Balaban J connectivity index is 2.02. The Bertz CT molecular complexity index is 327. The average molecular weight is 242 g/mol. The van der Waals surface area contributed by atoms with Crippen LogP contribution in [0.4, 0.5) is 0 Å². The van der Waals surface area contributed by atoms with Crippen LogP contribution in [0.15, 0.2) is 11.6 Å². The van der Waals surface area contributed by atoms with E-state index >= 15 is 0 Å². The maximum absolute atomic E-state index is 9.89. The first kappa shape index (κ1) is 13.0. The summed E-state index contributed by atoms with van der Waals surface area (Å²) in [7, 11) is 0. The lowest BCUT2D eigenvalue weighted by atomic mass is 10.1. The Morgan fingerprint density at radius 3 is 2.59 bits per heavy atom. The highest BCUT2D eigenvalue weighted by Gasteiger charge is 2.49. The molecule has 0 aromatic carbocycles. The van der Waals surface area contributed by atoms with E-state index in [4.69, 9.17) is 14.2 Å². The zero-order valence-corrected chi connectivity index (χ0v) is 11.2. The molecule has 0 aromatic rings. The van der Waals surface area contributed by atoms with Crippen LogP contribution in [0.25, 0.3) is 0 Å². The second-order valence-electron chi connectivity index (χ2n) is 6.15. The predicted molar refractivity (Wildman–Crippen MR) is 63.6 cm³/mol. The van der Waals surface area contributed by atoms with Crippen molar-refractivity contribution in [3.05, 3.63) is 11.6 Å². The zero-order valence-electron chi connectivity index (χ0n) is 11.2. The molecule has 1 fully saturated rings. The molecule has 0 saturated carbocycles. The van der Waals surface area contributed by atoms with Crippen LogP contribution in [0.5, 0.6) is 0 Å². The van der Waals surface area contributed by atoms with E-state index in [0.717, 1.165) is 5.57 Å². The second kappa shape index (κ2) is 4.05. The van der Waals surface area contributed by atoms with Crippen LogP contribution >= 0.6 is 0 Å². The predicted octanol–water partition coefficient (Wildman–Crippen LogP) is 1.62. The molecule has 0 radical (unpaired) electrons. The normalized spacial score (nSPS) is 35.9. The van der Waals surface area contributed by atoms with Crippen LogP contribution in [0.3, 0.4) is 0 Å². The van der Waals surface area contributed by atoms with Gasteiger partial charge in [-0.15, -0.1) is 0 Å². The van der Waals surface area contributed by atoms with Gasteiger partial charge in [0.1, 0.15) is 18.3 Å². The molecule has 0 spiro atoms. The van der Waals surface area contributed by atoms with E-state index in [1.165, 1.54) is 0 Å². The van der Waals surface area contributed by atoms with Crippen LogP contribution in [0.1, 0.15) is 34.6 Å². The Morgan fingerprint density at radius 2 is 2.00 bits per heavy atom. The molecule has 1 saturated heterocycles. The molecule has 4 heteroatoms. The highest BCUT2D eigenvalue weighted by Crippen LogP contribution is 2.38. The number of aliphatic hydroxyl groups is 1. The van der Waals surface area contributed by atoms with Gasteiger partial charge in [-0.2, -0.15) is 0 Å². The van der Waals surface area contributed by atoms with Crippen LogP contribution in [-0.4, -0.2) is 41.4 Å². The van der Waals surface area contributed by atoms with Gasteiger partial charge in [0.05, 0.1) is 12.2 Å². The van der Waals surface area contributed by atoms with E-state index in [9.17, 15) is 5.11 Å². The third-order valence-corrected chi connectivity index (χ3v) is 2.89. The van der Waals surface area contributed by atoms with Crippen molar-refractivity contribution in [2.45, 2.75) is 64.3 Å². The molecule has 98 valence electrons. The van der Waals surface area contributed by atoms with Crippen molar-refractivity contribution < 1.29 is 19.3 Å². The summed E-state index contributed by atoms with van der Waals surface area (Å²) in [6.07, 6.45) is 0.724. The summed E-state index contributed by atoms with van der Waals surface area (Å²) in [5.74, 6) is -0.627. The average Bonchev–Trinajstić information content (AvgIpc) is 2.58. The molecule has 2 rings (SSSR count). The zero-order chi connectivity index (χ0) is 12.8. The van der Waals surface area contributed by atoms with E-state index in [1.54, 1.807) is 6.08 Å². The van der Waals surface area contributed by atoms with Crippen LogP contribution in [0, 0.1) is 0 Å². The van der Waals surface area contributed by atoms with Crippen LogP contribution < -0.4 is 0 Å². The van der Waals surface area contributed by atoms with Crippen LogP contribution in [-0.2, 0) is 14.2 Å². The maximum Gasteiger partial charge on any atom is 0.164 e. The molecule has 17 heavy (non-hydrogen) atoms. The van der Waals surface area contributed by atoms with Gasteiger partial charge in [0.25, 0.3) is 0 Å². The summed E-state index contributed by atoms with van der Waals surface area (Å²) in [6, 6.07) is 0. The lowest BCUT2D eigenvalue weighted by Gasteiger charge is -2.22. The monoisotopic (exact) mass is 242 g/mol. The molecular formula is C13H22O4. The minimum absolute atomic E-state index is 0.178. The molecule has 4 nitrogen and oxygen atoms in total. The molecule has 1 unspecified atom stereocenters. The summed E-state index contributed by atoms with van der Waals surface area (Å²) >= 11 is 0. The number of rotatable bonds is 2. The highest BCUT2D eigenvalue weighted by atomic mass is 16.8. The van der Waals surface area contributed by atoms with Gasteiger partial charge in [-0.1, -0.05) is 0 Å². The molecule has 1 aliphatic heterocycles. The van der Waals surface area contributed by atoms with E-state index in [0.29, 0.717) is 6.61 Å². The fourth-order valence-electron chi connectivity index (χ4n) is 2.16. The molecule has 0 bridgehead atoms. The third kappa shape index (κ3) is 2.88. The number of aliphatic hydroxyl groups excluding tert-OH is 1. The molecule has 1 N–H and O–H groups in total. The van der Waals surface area contributed by atoms with E-state index in [1.807, 2.05) is 34.6 Å². The third-order valence-electron chi connectivity index (χ3n) is 2.89. The van der Waals surface area contributed by atoms with Gasteiger partial charge in [-0.25, -0.2) is 0 Å². The number of hydrogen-bond acceptors (Lipinski definition) is 4. The summed E-state index contributed by atoms with van der Waals surface area (Å²) in [5, 5.41) is 9.89. The topological polar surface area (TPSA) is 47.9 Å². The molecular weight excluding hydrogens is 220 g/mol. The van der Waals surface area contributed by atoms with Gasteiger partial charge >= 0.3 is 0 Å². The highest BCUT2D eigenvalue weighted by molar-refractivity contribution is 5.25. The summed E-state index contributed by atoms with van der Waals surface area (Å²) < 4.78 is 17.2. The van der Waals surface area contributed by atoms with Gasteiger partial charge < -0.3 is 19.3 Å². The SMILES string of the molecule is CC(C)(C)OCC1=CC(O)[C@H]2OC(C)(C)O[C@@H]12. The standard InChI is InChI=1S/C13H22O4/c1-12(2,3)15-7-8-6-9(14)11-10(8)16-13(4,5)17-11/h6,9-11,14H,7H2,1-5H3/t9?,10-,11+/m0/s1. The van der Waals surface area contributed by atoms with Crippen molar-refractivity contribution in [2.75, 3.05) is 6.61 Å². The summed E-state index contributed by atoms with van der Waals surface area (Å²) in [4.78, 5) is 0. The number of fused-ring (bicyclic) bond motifs is 1. The van der Waals surface area contributed by atoms with Crippen molar-refractivity contribution in [3.8, 4) is 0 Å². The van der Waals surface area contributed by atoms with Gasteiger partial charge in [-0.3, -0.25) is 0 Å². The van der Waals surface area contributed by atoms with E-state index in [-0.39, 0.29) is 17.8 Å². The van der Waals surface area contributed by atoms with Crippen molar-refractivity contribution in [2.24, 2.45) is 0 Å². The van der Waals surface area contributed by atoms with Gasteiger partial charge in [0.15, 0.2) is 5.79 Å². The minimum Gasteiger partial charge on any atom is -0.386 e. The fourth-order valence-corrected chi connectivity index (χ4v) is 2.16. The molecule has 0 amide bonds. The minimum atomic E-state index is -0.627. The van der Waals surface area contributed by atoms with E-state index < -0.39 is 11.9 Å². The number of ether oxygens (including phenoxy) is 3. The van der Waals surface area contributed by atoms with Crippen molar-refractivity contribution in [3.63, 3.8) is 0 Å². The lowest BCUT2D eigenvalue weighted by molar-refractivity contribution is -0.153. The Morgan fingerprint density at radius 1 is 1.35 bits per heavy atom. The Kier molecular flexibility index (Phi) is 3.11. The second-order valence-corrected chi connectivity index (χ2v) is 6.15. The molecule has 0 aromatic heterocycles. The first-order valence-electron chi connectivity index (χ1n) is 6.06. The van der Waals surface area contributed by atoms with Crippen molar-refractivity contribution in [1.29, 1.82) is 0 Å². The quantitative estimate of drug-likeness (QED) is 0.748. The maximum atomic E-state index is 9.89. The molecule has 3 atom stereocenters. The molecule has 2 aliphatic rings. The van der Waals surface area contributed by atoms with Crippen molar-refractivity contribution >= 4 is 0 Å². The smallest absolute Gasteiger partial charge is 0.164 e. The number of hydrogen-bond donors (Lipinski definition) is 1. The van der Waals surface area contributed by atoms with Gasteiger partial charge in [-0.05, 0) is 46.3 Å². The first-order valence-corrected chi connectivity index (χ1v) is 6.06. The lowest BCUT2D eigenvalue weighted by Crippen LogP contribution is -2.30. The molecule has 1 aliphatic carbocycles. The van der Waals surface area contributed by atoms with Gasteiger partial charge in [0, 0.05) is 0 Å². The summed E-state index contributed by atoms with van der Waals surface area (Å²) in [6.45, 7) is 10.2. The largest absolute Gasteiger partial charge is 0.386 e. The first-order chi connectivity index (χ1) is 7.68. The Labute approximate surface area is 103 Å². The summed E-state index contributed by atoms with van der Waals surface area (Å²) in [5.41, 5.74) is 0.779. The molecule has 1 heterocycles.